The molecule has 1 rings (SSSR count). The Balaban J connectivity index is 3.11. The third kappa shape index (κ3) is 3.01. The van der Waals surface area contributed by atoms with Gasteiger partial charge in [0.05, 0.1) is 7.11 Å². The number of oxime groups is 1. The van der Waals surface area contributed by atoms with Gasteiger partial charge in [-0.15, -0.1) is 0 Å². The zero-order valence-corrected chi connectivity index (χ0v) is 11.4. The Hall–Kier alpha value is -1.56. The van der Waals surface area contributed by atoms with Crippen LogP contribution in [0.25, 0.3) is 0 Å². The van der Waals surface area contributed by atoms with E-state index in [9.17, 15) is 8.42 Å². The minimum Gasteiger partial charge on any atom is -0.497 e. The van der Waals surface area contributed by atoms with Gasteiger partial charge in [-0.3, -0.25) is 0 Å². The molecule has 0 bridgehead atoms. The third-order valence-corrected chi connectivity index (χ3v) is 4.92. The molecule has 0 fully saturated rings. The zero-order chi connectivity index (χ0) is 13.8. The van der Waals surface area contributed by atoms with Crippen LogP contribution in [-0.4, -0.2) is 37.4 Å². The summed E-state index contributed by atoms with van der Waals surface area (Å²) in [4.78, 5) is 0. The monoisotopic (exact) mass is 271 g/mol. The van der Waals surface area contributed by atoms with Gasteiger partial charge in [0, 0.05) is 11.3 Å². The molecule has 0 saturated heterocycles. The van der Waals surface area contributed by atoms with Gasteiger partial charge in [0.2, 0.25) is 0 Å². The van der Waals surface area contributed by atoms with Crippen LogP contribution in [0.15, 0.2) is 29.4 Å². The molecule has 0 aromatic heterocycles. The molecule has 0 aliphatic heterocycles. The number of nitrogens with zero attached hydrogens (tertiary/aromatic N) is 1. The second-order valence-electron chi connectivity index (χ2n) is 3.81. The maximum atomic E-state index is 11.8. The van der Waals surface area contributed by atoms with Gasteiger partial charge in [-0.25, -0.2) is 8.42 Å². The van der Waals surface area contributed by atoms with Crippen molar-refractivity contribution < 1.29 is 18.4 Å². The van der Waals surface area contributed by atoms with E-state index in [2.05, 4.69) is 5.16 Å². The number of sulfone groups is 1. The molecule has 0 spiro atoms. The number of methoxy groups -OCH3 is 1. The van der Waals surface area contributed by atoms with E-state index in [-0.39, 0.29) is 11.5 Å². The molecule has 0 heterocycles. The fourth-order valence-corrected chi connectivity index (χ4v) is 2.58. The molecule has 0 saturated carbocycles. The smallest absolute Gasteiger partial charge is 0.158 e. The number of benzene rings is 1. The quantitative estimate of drug-likeness (QED) is 0.502. The Labute approximate surface area is 107 Å². The van der Waals surface area contributed by atoms with Crippen LogP contribution in [0.2, 0.25) is 0 Å². The molecule has 5 nitrogen and oxygen atoms in total. The molecule has 100 valence electrons. The van der Waals surface area contributed by atoms with Crippen molar-refractivity contribution in [1.82, 2.24) is 0 Å². The lowest BCUT2D eigenvalue weighted by Crippen LogP contribution is -2.29. The fourth-order valence-electron chi connectivity index (χ4n) is 1.56. The summed E-state index contributed by atoms with van der Waals surface area (Å²) in [6.07, 6.45) is 0. The van der Waals surface area contributed by atoms with Gasteiger partial charge in [-0.05, 0) is 31.2 Å². The van der Waals surface area contributed by atoms with Crippen LogP contribution in [0.4, 0.5) is 0 Å². The van der Waals surface area contributed by atoms with Gasteiger partial charge in [0.15, 0.2) is 9.84 Å². The van der Waals surface area contributed by atoms with Crippen LogP contribution in [0.1, 0.15) is 19.4 Å². The van der Waals surface area contributed by atoms with E-state index < -0.39 is 15.1 Å². The van der Waals surface area contributed by atoms with Crippen LogP contribution in [0, 0.1) is 0 Å². The molecular weight excluding hydrogens is 254 g/mol. The van der Waals surface area contributed by atoms with Crippen molar-refractivity contribution in [2.24, 2.45) is 5.16 Å². The Morgan fingerprint density at radius 1 is 1.39 bits per heavy atom. The molecule has 18 heavy (non-hydrogen) atoms. The van der Waals surface area contributed by atoms with E-state index >= 15 is 0 Å². The molecule has 1 N–H and O–H groups in total. The first-order valence-electron chi connectivity index (χ1n) is 5.54. The van der Waals surface area contributed by atoms with Crippen molar-refractivity contribution >= 4 is 15.5 Å². The van der Waals surface area contributed by atoms with Gasteiger partial charge >= 0.3 is 0 Å². The predicted octanol–water partition coefficient (Wildman–Crippen LogP) is 1.70. The van der Waals surface area contributed by atoms with E-state index in [0.717, 1.165) is 0 Å². The van der Waals surface area contributed by atoms with Crippen molar-refractivity contribution in [3.63, 3.8) is 0 Å². The maximum Gasteiger partial charge on any atom is 0.158 e. The van der Waals surface area contributed by atoms with Crippen LogP contribution < -0.4 is 4.74 Å². The SMILES string of the molecule is CCS(=O)(=O)C(C)/C(=N/O)c1ccc(OC)cc1. The first kappa shape index (κ1) is 14.5. The molecule has 0 amide bonds. The highest BCUT2D eigenvalue weighted by molar-refractivity contribution is 7.92. The summed E-state index contributed by atoms with van der Waals surface area (Å²) in [5.41, 5.74) is 0.697. The minimum absolute atomic E-state index is 0.00331. The molecule has 0 aliphatic carbocycles. The maximum absolute atomic E-state index is 11.8. The normalized spacial score (nSPS) is 14.3. The predicted molar refractivity (Wildman–Crippen MR) is 70.2 cm³/mol. The van der Waals surface area contributed by atoms with E-state index in [4.69, 9.17) is 9.94 Å². The first-order valence-corrected chi connectivity index (χ1v) is 7.25. The largest absolute Gasteiger partial charge is 0.497 e. The molecule has 6 heteroatoms. The van der Waals surface area contributed by atoms with E-state index in [1.54, 1.807) is 38.3 Å². The van der Waals surface area contributed by atoms with Crippen molar-refractivity contribution in [3.05, 3.63) is 29.8 Å². The summed E-state index contributed by atoms with van der Waals surface area (Å²) in [6.45, 7) is 3.08. The van der Waals surface area contributed by atoms with Crippen molar-refractivity contribution in [2.75, 3.05) is 12.9 Å². The summed E-state index contributed by atoms with van der Waals surface area (Å²) in [7, 11) is -1.75. The van der Waals surface area contributed by atoms with Gasteiger partial charge in [0.25, 0.3) is 0 Å². The second kappa shape index (κ2) is 5.86. The highest BCUT2D eigenvalue weighted by Crippen LogP contribution is 2.16. The summed E-state index contributed by atoms with van der Waals surface area (Å²) in [5, 5.41) is 11.3. The molecule has 0 radical (unpaired) electrons. The third-order valence-electron chi connectivity index (χ3n) is 2.82. The minimum atomic E-state index is -3.30. The van der Waals surface area contributed by atoms with Crippen LogP contribution in [0.3, 0.4) is 0 Å². The fraction of sp³-hybridized carbons (Fsp3) is 0.417. The van der Waals surface area contributed by atoms with E-state index in [1.807, 2.05) is 0 Å². The lowest BCUT2D eigenvalue weighted by atomic mass is 10.1. The highest BCUT2D eigenvalue weighted by atomic mass is 32.2. The zero-order valence-electron chi connectivity index (χ0n) is 10.6. The summed E-state index contributed by atoms with van der Waals surface area (Å²) >= 11 is 0. The average Bonchev–Trinajstić information content (AvgIpc) is 2.40. The Bertz CT molecular complexity index is 520. The highest BCUT2D eigenvalue weighted by Gasteiger charge is 2.25. The molecule has 1 aromatic carbocycles. The average molecular weight is 271 g/mol. The van der Waals surface area contributed by atoms with Crippen molar-refractivity contribution in [3.8, 4) is 5.75 Å². The van der Waals surface area contributed by atoms with Crippen LogP contribution >= 0.6 is 0 Å². The van der Waals surface area contributed by atoms with Crippen molar-refractivity contribution in [2.45, 2.75) is 19.1 Å². The standard InChI is InChI=1S/C12H17NO4S/c1-4-18(15,16)9(2)12(13-14)10-5-7-11(17-3)8-6-10/h5-9,14H,4H2,1-3H3/b13-12-. The van der Waals surface area contributed by atoms with Crippen LogP contribution in [-0.2, 0) is 9.84 Å². The molecule has 0 aliphatic rings. The van der Waals surface area contributed by atoms with E-state index in [1.165, 1.54) is 6.92 Å². The second-order valence-corrected chi connectivity index (χ2v) is 6.42. The van der Waals surface area contributed by atoms with Gasteiger partial charge in [0.1, 0.15) is 16.7 Å². The van der Waals surface area contributed by atoms with Gasteiger partial charge in [-0.2, -0.15) is 0 Å². The molecular formula is C12H17NO4S. The van der Waals surface area contributed by atoms with Gasteiger partial charge in [-0.1, -0.05) is 12.1 Å². The molecule has 1 unspecified atom stereocenters. The number of hydrogen-bond donors (Lipinski definition) is 1. The van der Waals surface area contributed by atoms with E-state index in [0.29, 0.717) is 11.3 Å². The molecule has 1 atom stereocenters. The van der Waals surface area contributed by atoms with Gasteiger partial charge < -0.3 is 9.94 Å². The number of ether oxygens (including phenoxy) is 1. The Morgan fingerprint density at radius 2 is 1.94 bits per heavy atom. The van der Waals surface area contributed by atoms with Crippen LogP contribution in [0.5, 0.6) is 5.75 Å². The Kier molecular flexibility index (Phi) is 4.72. The number of rotatable bonds is 5. The molecule has 1 aromatic rings. The number of hydrogen-bond acceptors (Lipinski definition) is 5. The summed E-state index contributed by atoms with van der Waals surface area (Å²) in [6, 6.07) is 6.70. The Morgan fingerprint density at radius 3 is 2.33 bits per heavy atom. The topological polar surface area (TPSA) is 76.0 Å². The lowest BCUT2D eigenvalue weighted by Gasteiger charge is -2.13. The first-order chi connectivity index (χ1) is 8.46. The summed E-state index contributed by atoms with van der Waals surface area (Å²) in [5.74, 6) is 0.658. The van der Waals surface area contributed by atoms with Crippen molar-refractivity contribution in [1.29, 1.82) is 0 Å². The summed E-state index contributed by atoms with van der Waals surface area (Å²) < 4.78 is 28.6. The lowest BCUT2D eigenvalue weighted by molar-refractivity contribution is 0.318.